The highest BCUT2D eigenvalue weighted by Gasteiger charge is 2.18. The molecule has 1 aromatic carbocycles. The van der Waals surface area contributed by atoms with Crippen molar-refractivity contribution in [2.45, 2.75) is 37.3 Å². The van der Waals surface area contributed by atoms with Gasteiger partial charge in [0.25, 0.3) is 0 Å². The Morgan fingerprint density at radius 3 is 2.83 bits per heavy atom. The smallest absolute Gasteiger partial charge is 0.342 e. The zero-order chi connectivity index (χ0) is 16.7. The fraction of sp³-hybridized carbons (Fsp3) is 0.333. The van der Waals surface area contributed by atoms with Crippen molar-refractivity contribution >= 4 is 17.7 Å². The zero-order valence-corrected chi connectivity index (χ0v) is 14.2. The van der Waals surface area contributed by atoms with E-state index in [4.69, 9.17) is 4.74 Å². The van der Waals surface area contributed by atoms with Crippen LogP contribution in [-0.2, 0) is 10.5 Å². The van der Waals surface area contributed by atoms with E-state index in [-0.39, 0.29) is 11.3 Å². The van der Waals surface area contributed by atoms with Gasteiger partial charge in [0.2, 0.25) is 0 Å². The molecule has 0 fully saturated rings. The molecule has 122 valence electrons. The van der Waals surface area contributed by atoms with Gasteiger partial charge in [-0.1, -0.05) is 19.4 Å². The third-order valence-corrected chi connectivity index (χ3v) is 4.62. The standard InChI is InChI=1S/C18H21NO3S/c1-3-4-11-22-18(21)17-13(2)16(9-8-15(17)20)23-12-14-7-5-6-10-19-14/h5-10,20H,3-4,11-12H2,1-2H3. The first-order chi connectivity index (χ1) is 11.1. The highest BCUT2D eigenvalue weighted by Crippen LogP contribution is 2.32. The number of hydrogen-bond donors (Lipinski definition) is 1. The Labute approximate surface area is 140 Å². The van der Waals surface area contributed by atoms with E-state index in [1.807, 2.05) is 38.1 Å². The van der Waals surface area contributed by atoms with Crippen molar-refractivity contribution in [2.24, 2.45) is 0 Å². The molecule has 2 rings (SSSR count). The van der Waals surface area contributed by atoms with Gasteiger partial charge in [0.1, 0.15) is 11.3 Å². The quantitative estimate of drug-likeness (QED) is 0.464. The maximum atomic E-state index is 12.2. The first kappa shape index (κ1) is 17.3. The monoisotopic (exact) mass is 331 g/mol. The van der Waals surface area contributed by atoms with Crippen LogP contribution in [0, 0.1) is 6.92 Å². The van der Waals surface area contributed by atoms with Crippen LogP contribution >= 0.6 is 11.8 Å². The molecule has 0 aliphatic carbocycles. The number of aromatic nitrogens is 1. The van der Waals surface area contributed by atoms with E-state index in [1.165, 1.54) is 0 Å². The third kappa shape index (κ3) is 4.73. The highest BCUT2D eigenvalue weighted by molar-refractivity contribution is 7.98. The maximum Gasteiger partial charge on any atom is 0.342 e. The third-order valence-electron chi connectivity index (χ3n) is 3.43. The van der Waals surface area contributed by atoms with Crippen LogP contribution < -0.4 is 0 Å². The summed E-state index contributed by atoms with van der Waals surface area (Å²) in [5.74, 6) is 0.205. The molecule has 5 heteroatoms. The number of benzene rings is 1. The average Bonchev–Trinajstić information content (AvgIpc) is 2.55. The van der Waals surface area contributed by atoms with Crippen molar-refractivity contribution in [3.63, 3.8) is 0 Å². The minimum absolute atomic E-state index is 0.0359. The Hall–Kier alpha value is -2.01. The molecule has 0 aliphatic rings. The van der Waals surface area contributed by atoms with Crippen LogP contribution in [0.5, 0.6) is 5.75 Å². The molecule has 0 atom stereocenters. The lowest BCUT2D eigenvalue weighted by molar-refractivity contribution is 0.0495. The Balaban J connectivity index is 2.12. The number of esters is 1. The number of phenolic OH excluding ortho intramolecular Hbond substituents is 1. The number of aromatic hydroxyl groups is 1. The zero-order valence-electron chi connectivity index (χ0n) is 13.4. The number of rotatable bonds is 7. The van der Waals surface area contributed by atoms with E-state index >= 15 is 0 Å². The average molecular weight is 331 g/mol. The summed E-state index contributed by atoms with van der Waals surface area (Å²) in [6, 6.07) is 9.15. The van der Waals surface area contributed by atoms with Crippen LogP contribution in [0.1, 0.15) is 41.4 Å². The van der Waals surface area contributed by atoms with Crippen molar-refractivity contribution in [1.29, 1.82) is 0 Å². The molecule has 1 N–H and O–H groups in total. The van der Waals surface area contributed by atoms with Crippen molar-refractivity contribution < 1.29 is 14.6 Å². The molecule has 0 saturated heterocycles. The number of phenols is 1. The van der Waals surface area contributed by atoms with Gasteiger partial charge in [0.15, 0.2) is 0 Å². The maximum absolute atomic E-state index is 12.2. The molecular weight excluding hydrogens is 310 g/mol. The number of nitrogens with zero attached hydrogens (tertiary/aromatic N) is 1. The normalized spacial score (nSPS) is 10.5. The van der Waals surface area contributed by atoms with Crippen molar-refractivity contribution in [3.8, 4) is 5.75 Å². The molecule has 1 aromatic heterocycles. The second kappa shape index (κ2) is 8.58. The van der Waals surface area contributed by atoms with E-state index in [2.05, 4.69) is 4.98 Å². The predicted molar refractivity (Wildman–Crippen MR) is 91.8 cm³/mol. The molecule has 1 heterocycles. The molecule has 0 amide bonds. The van der Waals surface area contributed by atoms with Crippen LogP contribution in [0.2, 0.25) is 0 Å². The van der Waals surface area contributed by atoms with Crippen molar-refractivity contribution in [1.82, 2.24) is 4.98 Å². The van der Waals surface area contributed by atoms with Gasteiger partial charge < -0.3 is 9.84 Å². The molecule has 0 aliphatic heterocycles. The Morgan fingerprint density at radius 1 is 1.30 bits per heavy atom. The highest BCUT2D eigenvalue weighted by atomic mass is 32.2. The van der Waals surface area contributed by atoms with Crippen molar-refractivity contribution in [3.05, 3.63) is 53.3 Å². The Bertz CT molecular complexity index is 659. The molecule has 0 bridgehead atoms. The van der Waals surface area contributed by atoms with Crippen molar-refractivity contribution in [2.75, 3.05) is 6.61 Å². The lowest BCUT2D eigenvalue weighted by atomic mass is 10.1. The Morgan fingerprint density at radius 2 is 2.13 bits per heavy atom. The van der Waals surface area contributed by atoms with E-state index in [0.717, 1.165) is 29.0 Å². The summed E-state index contributed by atoms with van der Waals surface area (Å²) in [5.41, 5.74) is 1.97. The van der Waals surface area contributed by atoms with E-state index < -0.39 is 5.97 Å². The SMILES string of the molecule is CCCCOC(=O)c1c(O)ccc(SCc2ccccn2)c1C. The van der Waals surface area contributed by atoms with Gasteiger partial charge in [-0.25, -0.2) is 4.79 Å². The van der Waals surface area contributed by atoms with Crippen LogP contribution in [-0.4, -0.2) is 22.7 Å². The van der Waals surface area contributed by atoms with Crippen LogP contribution in [0.25, 0.3) is 0 Å². The van der Waals surface area contributed by atoms with Gasteiger partial charge >= 0.3 is 5.97 Å². The number of hydrogen-bond acceptors (Lipinski definition) is 5. The first-order valence-electron chi connectivity index (χ1n) is 7.66. The largest absolute Gasteiger partial charge is 0.507 e. The minimum Gasteiger partial charge on any atom is -0.507 e. The number of pyridine rings is 1. The molecule has 0 unspecified atom stereocenters. The number of ether oxygens (including phenoxy) is 1. The fourth-order valence-corrected chi connectivity index (χ4v) is 3.07. The number of thioether (sulfide) groups is 1. The number of carbonyl (C=O) groups is 1. The fourth-order valence-electron chi connectivity index (χ4n) is 2.11. The summed E-state index contributed by atoms with van der Waals surface area (Å²) in [7, 11) is 0. The van der Waals surface area contributed by atoms with E-state index in [9.17, 15) is 9.90 Å². The molecule has 0 spiro atoms. The molecular formula is C18H21NO3S. The summed E-state index contributed by atoms with van der Waals surface area (Å²) in [4.78, 5) is 17.4. The van der Waals surface area contributed by atoms with Gasteiger partial charge in [-0.3, -0.25) is 4.98 Å². The molecule has 0 saturated carbocycles. The van der Waals surface area contributed by atoms with Gasteiger partial charge in [0.05, 0.1) is 12.3 Å². The van der Waals surface area contributed by atoms with Crippen LogP contribution in [0.4, 0.5) is 0 Å². The van der Waals surface area contributed by atoms with Crippen LogP contribution in [0.15, 0.2) is 41.4 Å². The Kier molecular flexibility index (Phi) is 6.47. The van der Waals surface area contributed by atoms with Crippen LogP contribution in [0.3, 0.4) is 0 Å². The van der Waals surface area contributed by atoms with Gasteiger partial charge in [-0.2, -0.15) is 0 Å². The van der Waals surface area contributed by atoms with E-state index in [1.54, 1.807) is 24.0 Å². The van der Waals surface area contributed by atoms with Gasteiger partial charge in [0, 0.05) is 16.8 Å². The second-order valence-corrected chi connectivity index (χ2v) is 6.20. The lowest BCUT2D eigenvalue weighted by Crippen LogP contribution is -2.09. The predicted octanol–water partition coefficient (Wildman–Crippen LogP) is 4.34. The summed E-state index contributed by atoms with van der Waals surface area (Å²) >= 11 is 1.59. The topological polar surface area (TPSA) is 59.4 Å². The number of unbranched alkanes of at least 4 members (excludes halogenated alkanes) is 1. The summed E-state index contributed by atoms with van der Waals surface area (Å²) in [5, 5.41) is 10.0. The first-order valence-corrected chi connectivity index (χ1v) is 8.64. The molecule has 2 aromatic rings. The summed E-state index contributed by atoms with van der Waals surface area (Å²) < 4.78 is 5.23. The molecule has 4 nitrogen and oxygen atoms in total. The lowest BCUT2D eigenvalue weighted by Gasteiger charge is -2.12. The summed E-state index contributed by atoms with van der Waals surface area (Å²) in [6.07, 6.45) is 3.54. The molecule has 23 heavy (non-hydrogen) atoms. The van der Waals surface area contributed by atoms with Gasteiger partial charge in [-0.05, 0) is 43.2 Å². The number of carbonyl (C=O) groups excluding carboxylic acids is 1. The minimum atomic E-state index is -0.464. The van der Waals surface area contributed by atoms with Gasteiger partial charge in [-0.15, -0.1) is 11.8 Å². The second-order valence-electron chi connectivity index (χ2n) is 5.18. The summed E-state index contributed by atoms with van der Waals surface area (Å²) in [6.45, 7) is 4.24. The van der Waals surface area contributed by atoms with E-state index in [0.29, 0.717) is 12.4 Å². The molecule has 0 radical (unpaired) electrons.